The minimum atomic E-state index is -0.954. The third-order valence-corrected chi connectivity index (χ3v) is 12.1. The highest BCUT2D eigenvalue weighted by atomic mass is 79.9. The summed E-state index contributed by atoms with van der Waals surface area (Å²) < 4.78 is 18.5. The maximum Gasteiger partial charge on any atom is 0.331 e. The van der Waals surface area contributed by atoms with Crippen molar-refractivity contribution in [3.05, 3.63) is 72.4 Å². The van der Waals surface area contributed by atoms with Crippen LogP contribution in [0.25, 0.3) is 5.57 Å². The van der Waals surface area contributed by atoms with Crippen LogP contribution in [0.3, 0.4) is 0 Å². The van der Waals surface area contributed by atoms with Crippen molar-refractivity contribution in [3.8, 4) is 0 Å². The second-order valence-electron chi connectivity index (χ2n) is 14.5. The molecule has 0 atom stereocenters. The highest BCUT2D eigenvalue weighted by Crippen LogP contribution is 2.44. The van der Waals surface area contributed by atoms with Gasteiger partial charge in [0, 0.05) is 27.7 Å². The highest BCUT2D eigenvalue weighted by molar-refractivity contribution is 9.10. The van der Waals surface area contributed by atoms with Crippen LogP contribution in [0, 0.1) is 13.8 Å². The van der Waals surface area contributed by atoms with Crippen LogP contribution in [0.15, 0.2) is 39.0 Å². The fraction of sp³-hybridized carbons (Fsp3) is 0.595. The van der Waals surface area contributed by atoms with E-state index in [0.29, 0.717) is 51.1 Å². The largest absolute Gasteiger partial charge is 0.509 e. The molecule has 0 bridgehead atoms. The Morgan fingerprint density at radius 2 is 1.34 bits per heavy atom. The van der Waals surface area contributed by atoms with Crippen molar-refractivity contribution in [2.45, 2.75) is 142 Å². The lowest BCUT2D eigenvalue weighted by atomic mass is 9.79. The number of amides is 2. The molecule has 3 aliphatic rings. The number of aryl methyl sites for hydroxylation is 4. The summed E-state index contributed by atoms with van der Waals surface area (Å²) in [6, 6.07) is 8.22. The molecule has 292 valence electrons. The molecule has 2 aromatic rings. The summed E-state index contributed by atoms with van der Waals surface area (Å²) >= 11 is 7.20. The molecule has 53 heavy (non-hydrogen) atoms. The van der Waals surface area contributed by atoms with Crippen molar-refractivity contribution in [2.75, 3.05) is 19.8 Å². The Balaban J connectivity index is 0.000000238. The molecule has 2 aromatic carbocycles. The van der Waals surface area contributed by atoms with Crippen molar-refractivity contribution < 1.29 is 33.7 Å². The number of carbonyl (C=O) groups excluding carboxylic acids is 3. The Kier molecular flexibility index (Phi) is 15.6. The molecule has 0 unspecified atom stereocenters. The lowest BCUT2D eigenvalue weighted by Gasteiger charge is -2.38. The molecule has 1 heterocycles. The SMILES string of the molecule is CCOC(=O)C1(NC(=O)Cc2c(Br)cc(C)cc2CC)CCC(OCC)CC1.CCOC1CCC2(CC1)NC(=O)C(c1c(Br)cc(C)cc1CC)=C2O. The minimum absolute atomic E-state index is 0.141. The van der Waals surface area contributed by atoms with Gasteiger partial charge in [0.1, 0.15) is 11.3 Å². The number of aliphatic hydroxyl groups excluding tert-OH is 1. The standard InChI is InChI=1S/C22H32BrNO4.C20H26BrNO3/c1-5-16-12-15(4)13-19(23)18(16)14-20(25)24-22(21(26)28-7-3)10-8-17(9-11-22)27-6-2;1-4-13-10-12(3)11-15(21)16(13)17-18(23)20(22-19(17)24)8-6-14(7-9-20)25-5-2/h12-13,17H,5-11,14H2,1-4H3,(H,24,25);10-11,14,23H,4-9H2,1-3H3,(H,22,24). The van der Waals surface area contributed by atoms with Crippen molar-refractivity contribution >= 4 is 55.2 Å². The molecule has 2 aliphatic carbocycles. The maximum atomic E-state index is 12.9. The molecule has 2 amide bonds. The first-order valence-corrected chi connectivity index (χ1v) is 20.9. The van der Waals surface area contributed by atoms with Crippen LogP contribution >= 0.6 is 31.9 Å². The first-order chi connectivity index (χ1) is 25.3. The van der Waals surface area contributed by atoms with Gasteiger partial charge < -0.3 is 30.0 Å². The van der Waals surface area contributed by atoms with Gasteiger partial charge in [-0.05, 0) is 139 Å². The van der Waals surface area contributed by atoms with Crippen molar-refractivity contribution in [3.63, 3.8) is 0 Å². The smallest absolute Gasteiger partial charge is 0.331 e. The van der Waals surface area contributed by atoms with Crippen molar-refractivity contribution in [1.29, 1.82) is 0 Å². The number of hydrogen-bond acceptors (Lipinski definition) is 7. The molecule has 0 radical (unpaired) electrons. The number of esters is 1. The van der Waals surface area contributed by atoms with E-state index >= 15 is 0 Å². The van der Waals surface area contributed by atoms with Gasteiger partial charge in [0.15, 0.2) is 0 Å². The summed E-state index contributed by atoms with van der Waals surface area (Å²) in [5.74, 6) is -0.461. The van der Waals surface area contributed by atoms with Gasteiger partial charge >= 0.3 is 5.97 Å². The molecule has 11 heteroatoms. The number of ether oxygens (including phenoxy) is 3. The van der Waals surface area contributed by atoms with Crippen LogP contribution in [0.2, 0.25) is 0 Å². The van der Waals surface area contributed by atoms with Gasteiger partial charge in [-0.15, -0.1) is 0 Å². The van der Waals surface area contributed by atoms with Crippen LogP contribution in [0.1, 0.15) is 119 Å². The summed E-state index contributed by atoms with van der Waals surface area (Å²) in [6.07, 6.45) is 7.93. The van der Waals surface area contributed by atoms with E-state index in [9.17, 15) is 19.5 Å². The molecule has 3 N–H and O–H groups in total. The van der Waals surface area contributed by atoms with Gasteiger partial charge in [-0.1, -0.05) is 57.8 Å². The lowest BCUT2D eigenvalue weighted by molar-refractivity contribution is -0.156. The van der Waals surface area contributed by atoms with Crippen molar-refractivity contribution in [1.82, 2.24) is 10.6 Å². The molecular formula is C42H58Br2N2O7. The molecule has 0 aromatic heterocycles. The molecule has 1 spiro atoms. The second-order valence-corrected chi connectivity index (χ2v) is 16.2. The molecule has 2 fully saturated rings. The third-order valence-electron chi connectivity index (χ3n) is 10.8. The Labute approximate surface area is 332 Å². The van der Waals surface area contributed by atoms with Crippen LogP contribution in [0.4, 0.5) is 0 Å². The first-order valence-electron chi connectivity index (χ1n) is 19.3. The van der Waals surface area contributed by atoms with E-state index in [2.05, 4.69) is 68.5 Å². The van der Waals surface area contributed by atoms with E-state index in [1.807, 2.05) is 39.8 Å². The average Bonchev–Trinajstić information content (AvgIpc) is 3.35. The minimum Gasteiger partial charge on any atom is -0.509 e. The molecule has 1 aliphatic heterocycles. The summed E-state index contributed by atoms with van der Waals surface area (Å²) in [5.41, 5.74) is 5.16. The fourth-order valence-electron chi connectivity index (χ4n) is 8.10. The average molecular weight is 863 g/mol. The lowest BCUT2D eigenvalue weighted by Crippen LogP contribution is -2.58. The Morgan fingerprint density at radius 3 is 1.87 bits per heavy atom. The molecule has 9 nitrogen and oxygen atoms in total. The topological polar surface area (TPSA) is 123 Å². The number of benzene rings is 2. The summed E-state index contributed by atoms with van der Waals surface area (Å²) in [5, 5.41) is 17.2. The van der Waals surface area contributed by atoms with Gasteiger partial charge in [-0.25, -0.2) is 4.79 Å². The number of aliphatic hydroxyl groups is 1. The Bertz CT molecular complexity index is 1660. The summed E-state index contributed by atoms with van der Waals surface area (Å²) in [7, 11) is 0. The normalized spacial score (nSPS) is 24.1. The number of carbonyl (C=O) groups is 3. The number of nitrogens with one attached hydrogen (secondary N) is 2. The molecule has 2 saturated carbocycles. The first kappa shape index (κ1) is 43.0. The van der Waals surface area contributed by atoms with Crippen LogP contribution < -0.4 is 10.6 Å². The summed E-state index contributed by atoms with van der Waals surface area (Å²) in [4.78, 5) is 38.4. The molecular weight excluding hydrogens is 804 g/mol. The van der Waals surface area contributed by atoms with Gasteiger partial charge in [-0.2, -0.15) is 0 Å². The number of hydrogen-bond donors (Lipinski definition) is 3. The third kappa shape index (κ3) is 10.1. The van der Waals surface area contributed by atoms with E-state index < -0.39 is 11.1 Å². The summed E-state index contributed by atoms with van der Waals surface area (Å²) in [6.45, 7) is 15.6. The Hall–Kier alpha value is -2.73. The van der Waals surface area contributed by atoms with E-state index in [-0.39, 0.29) is 42.2 Å². The van der Waals surface area contributed by atoms with Gasteiger partial charge in [0.05, 0.1) is 36.3 Å². The predicted molar refractivity (Wildman–Crippen MR) is 216 cm³/mol. The zero-order valence-corrected chi connectivity index (χ0v) is 35.7. The van der Waals surface area contributed by atoms with E-state index in [0.717, 1.165) is 80.9 Å². The van der Waals surface area contributed by atoms with E-state index in [1.54, 1.807) is 6.92 Å². The highest BCUT2D eigenvalue weighted by Gasteiger charge is 2.49. The van der Waals surface area contributed by atoms with E-state index in [4.69, 9.17) is 14.2 Å². The second kappa shape index (κ2) is 19.2. The predicted octanol–water partition coefficient (Wildman–Crippen LogP) is 8.70. The molecule has 5 rings (SSSR count). The van der Waals surface area contributed by atoms with Crippen molar-refractivity contribution in [2.24, 2.45) is 0 Å². The zero-order valence-electron chi connectivity index (χ0n) is 32.5. The number of halogens is 2. The monoisotopic (exact) mass is 860 g/mol. The fourth-order valence-corrected chi connectivity index (χ4v) is 9.67. The maximum absolute atomic E-state index is 12.9. The van der Waals surface area contributed by atoms with Gasteiger partial charge in [0.25, 0.3) is 5.91 Å². The van der Waals surface area contributed by atoms with Gasteiger partial charge in [0.2, 0.25) is 5.91 Å². The van der Waals surface area contributed by atoms with Crippen LogP contribution in [-0.4, -0.2) is 66.0 Å². The van der Waals surface area contributed by atoms with Gasteiger partial charge in [-0.3, -0.25) is 9.59 Å². The van der Waals surface area contributed by atoms with Crippen LogP contribution in [0.5, 0.6) is 0 Å². The zero-order chi connectivity index (χ0) is 38.9. The van der Waals surface area contributed by atoms with E-state index in [1.165, 1.54) is 0 Å². The van der Waals surface area contributed by atoms with Crippen LogP contribution in [-0.2, 0) is 47.9 Å². The quantitative estimate of drug-likeness (QED) is 0.183. The Morgan fingerprint density at radius 1 is 0.811 bits per heavy atom. The molecule has 0 saturated heterocycles. The number of rotatable bonds is 12.